The van der Waals surface area contributed by atoms with Gasteiger partial charge in [-0.25, -0.2) is 0 Å². The third-order valence-electron chi connectivity index (χ3n) is 9.59. The lowest BCUT2D eigenvalue weighted by Crippen LogP contribution is -2.64. The van der Waals surface area contributed by atoms with Crippen LogP contribution in [0.25, 0.3) is 22.0 Å². The first kappa shape index (κ1) is 31.8. The number of nitrogen functional groups attached to an aromatic ring is 1. The first-order chi connectivity index (χ1) is 21.6. The van der Waals surface area contributed by atoms with E-state index in [9.17, 15) is 4.79 Å². The number of nitrogens with two attached hydrogens (primary N) is 1. The average Bonchev–Trinajstić information content (AvgIpc) is 3.57. The second kappa shape index (κ2) is 12.9. The highest BCUT2D eigenvalue weighted by atomic mass is 35.5. The third-order valence-corrected chi connectivity index (χ3v) is 10.1. The fraction of sp³-hybridized carbons (Fsp3) is 0.594. The van der Waals surface area contributed by atoms with Gasteiger partial charge in [0.25, 0.3) is 0 Å². The molecule has 3 N–H and O–H groups in total. The molecule has 0 bridgehead atoms. The van der Waals surface area contributed by atoms with Gasteiger partial charge in [0.15, 0.2) is 11.6 Å². The lowest BCUT2D eigenvalue weighted by Gasteiger charge is -2.50. The summed E-state index contributed by atoms with van der Waals surface area (Å²) in [5, 5.41) is 14.3. The third kappa shape index (κ3) is 5.94. The van der Waals surface area contributed by atoms with Crippen LogP contribution in [0.4, 0.5) is 11.6 Å². The Morgan fingerprint density at radius 2 is 2.02 bits per heavy atom. The number of ether oxygens (including phenoxy) is 3. The number of anilines is 2. The summed E-state index contributed by atoms with van der Waals surface area (Å²) in [5.41, 5.74) is 10.6. The number of rotatable bonds is 8. The van der Waals surface area contributed by atoms with E-state index in [0.29, 0.717) is 50.4 Å². The van der Waals surface area contributed by atoms with Crippen LogP contribution in [-0.4, -0.2) is 120 Å². The highest BCUT2D eigenvalue weighted by molar-refractivity contribution is 6.36. The molecule has 2 aromatic heterocycles. The van der Waals surface area contributed by atoms with Crippen molar-refractivity contribution in [3.63, 3.8) is 0 Å². The van der Waals surface area contributed by atoms with Crippen molar-refractivity contribution < 1.29 is 19.0 Å². The second-order valence-electron chi connectivity index (χ2n) is 12.8. The number of amides is 1. The Morgan fingerprint density at radius 3 is 2.71 bits per heavy atom. The van der Waals surface area contributed by atoms with Crippen LogP contribution in [0.15, 0.2) is 18.7 Å². The van der Waals surface area contributed by atoms with E-state index in [4.69, 9.17) is 36.6 Å². The topological polar surface area (TPSA) is 127 Å². The van der Waals surface area contributed by atoms with Crippen molar-refractivity contribution in [2.75, 3.05) is 83.4 Å². The van der Waals surface area contributed by atoms with Gasteiger partial charge in [0, 0.05) is 63.2 Å². The standard InChI is InChI=1S/C32H45ClN8O4/c1-6-25(42)39-9-7-22(8-10-39)41-21(3)26(28-27-24(35-36-30(27)34)15-20(2)29(28)33)31(37-41)40-12-11-38(18-32(40,4)19-43-5)16-23-17-44-13-14-45-23/h6,15,22-23H,1,7-14,16-19H2,2-5H3,(H3,34,35,36)/t23-,32-/m1/s1. The predicted molar refractivity (Wildman–Crippen MR) is 176 cm³/mol. The summed E-state index contributed by atoms with van der Waals surface area (Å²) < 4.78 is 19.7. The molecule has 12 nitrogen and oxygen atoms in total. The molecule has 3 fully saturated rings. The Labute approximate surface area is 269 Å². The molecule has 3 aliphatic rings. The number of H-pyrrole nitrogens is 1. The van der Waals surface area contributed by atoms with Crippen molar-refractivity contribution in [1.29, 1.82) is 0 Å². The molecule has 0 unspecified atom stereocenters. The number of carbonyl (C=O) groups excluding carboxylic acids is 1. The maximum absolute atomic E-state index is 12.3. The number of methoxy groups -OCH3 is 1. The number of fused-ring (bicyclic) bond motifs is 1. The summed E-state index contributed by atoms with van der Waals surface area (Å²) in [6, 6.07) is 2.10. The normalized spacial score (nSPS) is 23.6. The van der Waals surface area contributed by atoms with Crippen molar-refractivity contribution in [2.24, 2.45) is 0 Å². The highest BCUT2D eigenvalue weighted by Gasteiger charge is 2.42. The molecule has 45 heavy (non-hydrogen) atoms. The van der Waals surface area contributed by atoms with Crippen LogP contribution in [-0.2, 0) is 19.0 Å². The maximum atomic E-state index is 12.3. The quantitative estimate of drug-likeness (QED) is 0.355. The monoisotopic (exact) mass is 640 g/mol. The number of aromatic amines is 1. The van der Waals surface area contributed by atoms with Gasteiger partial charge in [-0.15, -0.1) is 0 Å². The van der Waals surface area contributed by atoms with E-state index in [1.165, 1.54) is 6.08 Å². The van der Waals surface area contributed by atoms with Crippen LogP contribution in [0, 0.1) is 13.8 Å². The van der Waals surface area contributed by atoms with Crippen molar-refractivity contribution in [3.8, 4) is 11.1 Å². The molecule has 3 saturated heterocycles. The number of halogens is 1. The molecule has 2 atom stereocenters. The van der Waals surface area contributed by atoms with E-state index in [2.05, 4.69) is 45.1 Å². The van der Waals surface area contributed by atoms with E-state index in [1.807, 2.05) is 17.9 Å². The van der Waals surface area contributed by atoms with Gasteiger partial charge in [0.1, 0.15) is 0 Å². The van der Waals surface area contributed by atoms with Gasteiger partial charge in [0.05, 0.1) is 60.0 Å². The van der Waals surface area contributed by atoms with Gasteiger partial charge in [-0.2, -0.15) is 10.2 Å². The Balaban J connectivity index is 1.44. The van der Waals surface area contributed by atoms with E-state index >= 15 is 0 Å². The molecular weight excluding hydrogens is 596 g/mol. The summed E-state index contributed by atoms with van der Waals surface area (Å²) in [5.74, 6) is 1.22. The summed E-state index contributed by atoms with van der Waals surface area (Å²) in [4.78, 5) is 19.0. The SMILES string of the molecule is C=CC(=O)N1CCC(n2nc(N3CCN(C[C@@H]4COCCO4)C[C@]3(C)COC)c(-c3c(Cl)c(C)cc4[nH]nc(N)c34)c2C)CC1. The molecule has 5 heterocycles. The Morgan fingerprint density at radius 1 is 1.24 bits per heavy atom. The van der Waals surface area contributed by atoms with Crippen LogP contribution in [0.1, 0.15) is 37.1 Å². The number of aromatic nitrogens is 4. The number of carbonyl (C=O) groups is 1. The molecule has 13 heteroatoms. The number of likely N-dealkylation sites (tertiary alicyclic amines) is 1. The number of piperidine rings is 1. The number of hydrogen-bond donors (Lipinski definition) is 2. The zero-order chi connectivity index (χ0) is 31.9. The van der Waals surface area contributed by atoms with E-state index in [-0.39, 0.29) is 18.1 Å². The molecule has 3 aliphatic heterocycles. The molecule has 0 spiro atoms. The molecule has 1 amide bonds. The minimum atomic E-state index is -0.403. The van der Waals surface area contributed by atoms with Gasteiger partial charge in [0.2, 0.25) is 5.91 Å². The summed E-state index contributed by atoms with van der Waals surface area (Å²) in [6.07, 6.45) is 3.02. The molecule has 6 rings (SSSR count). The Kier molecular flexibility index (Phi) is 9.13. The summed E-state index contributed by atoms with van der Waals surface area (Å²) >= 11 is 7.18. The van der Waals surface area contributed by atoms with Crippen LogP contribution < -0.4 is 10.6 Å². The van der Waals surface area contributed by atoms with Gasteiger partial charge in [-0.05, 0) is 51.3 Å². The van der Waals surface area contributed by atoms with Crippen molar-refractivity contribution in [3.05, 3.63) is 35.0 Å². The summed E-state index contributed by atoms with van der Waals surface area (Å²) in [6.45, 7) is 16.8. The van der Waals surface area contributed by atoms with Crippen molar-refractivity contribution in [1.82, 2.24) is 29.8 Å². The van der Waals surface area contributed by atoms with E-state index in [1.54, 1.807) is 7.11 Å². The molecular formula is C32H45ClN8O4. The largest absolute Gasteiger partial charge is 0.382 e. The van der Waals surface area contributed by atoms with Gasteiger partial charge >= 0.3 is 0 Å². The molecule has 244 valence electrons. The first-order valence-electron chi connectivity index (χ1n) is 15.8. The Hall–Kier alpha value is -3.16. The lowest BCUT2D eigenvalue weighted by molar-refractivity contribution is -0.127. The maximum Gasteiger partial charge on any atom is 0.245 e. The van der Waals surface area contributed by atoms with Gasteiger partial charge in [-0.3, -0.25) is 19.5 Å². The Bertz CT molecular complexity index is 1560. The predicted octanol–water partition coefficient (Wildman–Crippen LogP) is 3.57. The second-order valence-corrected chi connectivity index (χ2v) is 13.2. The van der Waals surface area contributed by atoms with Crippen molar-refractivity contribution >= 4 is 40.0 Å². The smallest absolute Gasteiger partial charge is 0.245 e. The molecule has 3 aromatic rings. The number of hydrogen-bond acceptors (Lipinski definition) is 9. The molecule has 0 aliphatic carbocycles. The van der Waals surface area contributed by atoms with Gasteiger partial charge < -0.3 is 29.7 Å². The minimum absolute atomic E-state index is 0.0326. The number of aryl methyl sites for hydroxylation is 1. The summed E-state index contributed by atoms with van der Waals surface area (Å²) in [7, 11) is 1.75. The fourth-order valence-electron chi connectivity index (χ4n) is 7.40. The molecule has 0 radical (unpaired) electrons. The number of piperazine rings is 1. The van der Waals surface area contributed by atoms with E-state index < -0.39 is 5.54 Å². The van der Waals surface area contributed by atoms with Crippen LogP contribution in [0.2, 0.25) is 5.02 Å². The average molecular weight is 641 g/mol. The zero-order valence-corrected chi connectivity index (χ0v) is 27.5. The lowest BCUT2D eigenvalue weighted by atomic mass is 9.93. The molecule has 0 saturated carbocycles. The number of nitrogens with zero attached hydrogens (tertiary/aromatic N) is 6. The molecule has 1 aromatic carbocycles. The van der Waals surface area contributed by atoms with Gasteiger partial charge in [-0.1, -0.05) is 18.2 Å². The van der Waals surface area contributed by atoms with E-state index in [0.717, 1.165) is 78.1 Å². The van der Waals surface area contributed by atoms with Crippen LogP contribution >= 0.6 is 11.6 Å². The highest BCUT2D eigenvalue weighted by Crippen LogP contribution is 2.47. The van der Waals surface area contributed by atoms with Crippen molar-refractivity contribution in [2.45, 2.75) is 51.3 Å². The minimum Gasteiger partial charge on any atom is -0.382 e. The van der Waals surface area contributed by atoms with Crippen LogP contribution in [0.5, 0.6) is 0 Å². The van der Waals surface area contributed by atoms with Crippen LogP contribution in [0.3, 0.4) is 0 Å². The fourth-order valence-corrected chi connectivity index (χ4v) is 7.64. The number of nitrogens with one attached hydrogen (secondary N) is 1. The first-order valence-corrected chi connectivity index (χ1v) is 16.1. The zero-order valence-electron chi connectivity index (χ0n) is 26.8. The number of benzene rings is 1.